The van der Waals surface area contributed by atoms with Crippen LogP contribution in [0.2, 0.25) is 0 Å². The molecule has 0 N–H and O–H groups in total. The summed E-state index contributed by atoms with van der Waals surface area (Å²) in [7, 11) is 0. The highest BCUT2D eigenvalue weighted by Gasteiger charge is 2.29. The average molecular weight is 316 g/mol. The molecule has 0 fully saturated rings. The molecule has 0 aromatic heterocycles. The van der Waals surface area contributed by atoms with E-state index in [4.69, 9.17) is 4.74 Å². The zero-order chi connectivity index (χ0) is 16.3. The summed E-state index contributed by atoms with van der Waals surface area (Å²) in [5, 5.41) is 0. The summed E-state index contributed by atoms with van der Waals surface area (Å²) in [5.74, 6) is -12.3. The Morgan fingerprint density at radius 1 is 0.818 bits per heavy atom. The maximum Gasteiger partial charge on any atom is 0.200 e. The van der Waals surface area contributed by atoms with Gasteiger partial charge in [0.1, 0.15) is 6.61 Å². The fourth-order valence-corrected chi connectivity index (χ4v) is 1.76. The van der Waals surface area contributed by atoms with Gasteiger partial charge in [-0.3, -0.25) is 4.79 Å². The highest BCUT2D eigenvalue weighted by Crippen LogP contribution is 2.23. The molecule has 0 heterocycles. The summed E-state index contributed by atoms with van der Waals surface area (Å²) < 4.78 is 70.6. The lowest BCUT2D eigenvalue weighted by molar-refractivity contribution is 0.0715. The molecule has 0 bridgehead atoms. The van der Waals surface area contributed by atoms with E-state index >= 15 is 0 Å². The van der Waals surface area contributed by atoms with E-state index in [-0.39, 0.29) is 6.61 Å². The lowest BCUT2D eigenvalue weighted by Gasteiger charge is -2.08. The van der Waals surface area contributed by atoms with Gasteiger partial charge in [0, 0.05) is 0 Å². The number of hydrogen-bond acceptors (Lipinski definition) is 2. The summed E-state index contributed by atoms with van der Waals surface area (Å²) >= 11 is 0. The quantitative estimate of drug-likeness (QED) is 0.363. The van der Waals surface area contributed by atoms with Crippen molar-refractivity contribution in [1.82, 2.24) is 0 Å². The number of rotatable bonds is 5. The minimum atomic E-state index is -2.31. The maximum atomic E-state index is 13.4. The van der Waals surface area contributed by atoms with Gasteiger partial charge in [-0.1, -0.05) is 30.3 Å². The van der Waals surface area contributed by atoms with E-state index in [2.05, 4.69) is 0 Å². The Hall–Kier alpha value is -2.28. The molecule has 0 radical (unpaired) electrons. The van der Waals surface area contributed by atoms with E-state index in [0.717, 1.165) is 0 Å². The number of hydrogen-bond donors (Lipinski definition) is 0. The second kappa shape index (κ2) is 6.65. The summed E-state index contributed by atoms with van der Waals surface area (Å²) in [4.78, 5) is 11.6. The number of ketones is 1. The highest BCUT2D eigenvalue weighted by molar-refractivity contribution is 5.97. The van der Waals surface area contributed by atoms with Crippen molar-refractivity contribution in [3.63, 3.8) is 0 Å². The van der Waals surface area contributed by atoms with Gasteiger partial charge in [0.15, 0.2) is 29.1 Å². The van der Waals surface area contributed by atoms with Gasteiger partial charge in [-0.15, -0.1) is 0 Å². The van der Waals surface area contributed by atoms with Crippen molar-refractivity contribution in [3.05, 3.63) is 70.5 Å². The molecule has 22 heavy (non-hydrogen) atoms. The third-order valence-electron chi connectivity index (χ3n) is 2.83. The van der Waals surface area contributed by atoms with Crippen LogP contribution in [0.1, 0.15) is 15.9 Å². The van der Waals surface area contributed by atoms with Crippen LogP contribution in [-0.4, -0.2) is 12.4 Å². The van der Waals surface area contributed by atoms with Crippen LogP contribution in [0.5, 0.6) is 0 Å². The standard InChI is InChI=1S/C15H9F5O2/c16-11-10(12(17)14(19)15(20)13(11)18)9(21)7-22-6-8-4-2-1-3-5-8/h1-5H,6-7H2. The van der Waals surface area contributed by atoms with Crippen LogP contribution in [0, 0.1) is 29.1 Å². The molecule has 2 rings (SSSR count). The number of benzene rings is 2. The lowest BCUT2D eigenvalue weighted by atomic mass is 10.1. The van der Waals surface area contributed by atoms with E-state index in [0.29, 0.717) is 5.56 Å². The maximum absolute atomic E-state index is 13.4. The molecule has 2 nitrogen and oxygen atoms in total. The molecule has 0 amide bonds. The fourth-order valence-electron chi connectivity index (χ4n) is 1.76. The molecule has 0 aliphatic heterocycles. The second-order valence-corrected chi connectivity index (χ2v) is 4.35. The third-order valence-corrected chi connectivity index (χ3v) is 2.83. The number of carbonyl (C=O) groups excluding carboxylic acids is 1. The van der Waals surface area contributed by atoms with E-state index in [1.807, 2.05) is 0 Å². The molecule has 0 aliphatic rings. The first-order valence-corrected chi connectivity index (χ1v) is 6.09. The summed E-state index contributed by atoms with van der Waals surface area (Å²) in [6.45, 7) is -0.852. The van der Waals surface area contributed by atoms with Crippen LogP contribution in [0.4, 0.5) is 22.0 Å². The van der Waals surface area contributed by atoms with Crippen molar-refractivity contribution in [2.45, 2.75) is 6.61 Å². The van der Waals surface area contributed by atoms with E-state index < -0.39 is 47.0 Å². The Kier molecular flexibility index (Phi) is 4.87. The SMILES string of the molecule is O=C(COCc1ccccc1)c1c(F)c(F)c(F)c(F)c1F. The normalized spacial score (nSPS) is 10.8. The molecule has 0 spiro atoms. The van der Waals surface area contributed by atoms with Gasteiger partial charge in [0.25, 0.3) is 0 Å². The molecular weight excluding hydrogens is 307 g/mol. The predicted molar refractivity (Wildman–Crippen MR) is 66.7 cm³/mol. The lowest BCUT2D eigenvalue weighted by Crippen LogP contribution is -2.17. The first-order chi connectivity index (χ1) is 10.4. The molecule has 116 valence electrons. The van der Waals surface area contributed by atoms with Gasteiger partial charge in [-0.2, -0.15) is 0 Å². The topological polar surface area (TPSA) is 26.3 Å². The second-order valence-electron chi connectivity index (χ2n) is 4.35. The van der Waals surface area contributed by atoms with Crippen LogP contribution < -0.4 is 0 Å². The molecule has 2 aromatic rings. The molecule has 7 heteroatoms. The number of Topliss-reactive ketones (excluding diaryl/α,β-unsaturated/α-hetero) is 1. The molecule has 2 aromatic carbocycles. The van der Waals surface area contributed by atoms with Crippen LogP contribution in [0.15, 0.2) is 30.3 Å². The van der Waals surface area contributed by atoms with Gasteiger partial charge < -0.3 is 4.74 Å². The molecule has 0 saturated carbocycles. The number of ether oxygens (including phenoxy) is 1. The van der Waals surface area contributed by atoms with Crippen molar-refractivity contribution in [2.24, 2.45) is 0 Å². The zero-order valence-electron chi connectivity index (χ0n) is 11.0. The van der Waals surface area contributed by atoms with E-state index in [9.17, 15) is 26.7 Å². The minimum Gasteiger partial charge on any atom is -0.369 e. The first-order valence-electron chi connectivity index (χ1n) is 6.09. The zero-order valence-corrected chi connectivity index (χ0v) is 11.0. The molecular formula is C15H9F5O2. The molecule has 0 saturated heterocycles. The Morgan fingerprint density at radius 2 is 1.32 bits per heavy atom. The monoisotopic (exact) mass is 316 g/mol. The van der Waals surface area contributed by atoms with Gasteiger partial charge >= 0.3 is 0 Å². The molecule has 0 atom stereocenters. The van der Waals surface area contributed by atoms with Crippen molar-refractivity contribution in [2.75, 3.05) is 6.61 Å². The van der Waals surface area contributed by atoms with Crippen LogP contribution >= 0.6 is 0 Å². The summed E-state index contributed by atoms with van der Waals surface area (Å²) in [6, 6.07) is 8.55. The van der Waals surface area contributed by atoms with Crippen molar-refractivity contribution < 1.29 is 31.5 Å². The first kappa shape index (κ1) is 16.1. The van der Waals surface area contributed by atoms with Crippen molar-refractivity contribution in [3.8, 4) is 0 Å². The summed E-state index contributed by atoms with van der Waals surface area (Å²) in [5.41, 5.74) is -0.808. The number of halogens is 5. The van der Waals surface area contributed by atoms with Gasteiger partial charge in [-0.25, -0.2) is 22.0 Å². The van der Waals surface area contributed by atoms with Crippen molar-refractivity contribution >= 4 is 5.78 Å². The highest BCUT2D eigenvalue weighted by atomic mass is 19.2. The Morgan fingerprint density at radius 3 is 1.86 bits per heavy atom. The average Bonchev–Trinajstić information content (AvgIpc) is 2.52. The Labute approximate surface area is 122 Å². The number of carbonyl (C=O) groups is 1. The minimum absolute atomic E-state index is 0.0397. The van der Waals surface area contributed by atoms with E-state index in [1.165, 1.54) is 0 Å². The van der Waals surface area contributed by atoms with E-state index in [1.54, 1.807) is 30.3 Å². The Bertz CT molecular complexity index is 672. The largest absolute Gasteiger partial charge is 0.369 e. The van der Waals surface area contributed by atoms with Gasteiger partial charge in [-0.05, 0) is 5.56 Å². The van der Waals surface area contributed by atoms with Gasteiger partial charge in [0.05, 0.1) is 12.2 Å². The summed E-state index contributed by atoms with van der Waals surface area (Å²) in [6.07, 6.45) is 0. The smallest absolute Gasteiger partial charge is 0.200 e. The fraction of sp³-hybridized carbons (Fsp3) is 0.133. The third kappa shape index (κ3) is 3.14. The van der Waals surface area contributed by atoms with Crippen LogP contribution in [0.25, 0.3) is 0 Å². The molecule has 0 aliphatic carbocycles. The predicted octanol–water partition coefficient (Wildman–Crippen LogP) is 3.78. The Balaban J connectivity index is 2.13. The van der Waals surface area contributed by atoms with Gasteiger partial charge in [0.2, 0.25) is 5.82 Å². The van der Waals surface area contributed by atoms with Crippen LogP contribution in [0.3, 0.4) is 0 Å². The molecule has 0 unspecified atom stereocenters. The van der Waals surface area contributed by atoms with Crippen LogP contribution in [-0.2, 0) is 11.3 Å². The van der Waals surface area contributed by atoms with Crippen molar-refractivity contribution in [1.29, 1.82) is 0 Å².